The van der Waals surface area contributed by atoms with Gasteiger partial charge in [-0.15, -0.1) is 0 Å². The molecular formula is C27H28ClN3O7S. The van der Waals surface area contributed by atoms with E-state index in [0.717, 1.165) is 42.3 Å². The predicted octanol–water partition coefficient (Wildman–Crippen LogP) is 5.66. The Hall–Kier alpha value is -3.57. The van der Waals surface area contributed by atoms with Gasteiger partial charge in [0.2, 0.25) is 5.91 Å². The lowest BCUT2D eigenvalue weighted by Gasteiger charge is -2.22. The van der Waals surface area contributed by atoms with Gasteiger partial charge in [0.1, 0.15) is 13.2 Å². The van der Waals surface area contributed by atoms with Crippen LogP contribution in [0.25, 0.3) is 6.08 Å². The number of thioether (sulfide) groups is 1. The van der Waals surface area contributed by atoms with Crippen molar-refractivity contribution in [1.82, 2.24) is 9.80 Å². The fraction of sp³-hybridized carbons (Fsp3) is 0.370. The van der Waals surface area contributed by atoms with Crippen molar-refractivity contribution in [2.75, 3.05) is 26.2 Å². The van der Waals surface area contributed by atoms with E-state index < -0.39 is 16.1 Å². The van der Waals surface area contributed by atoms with Crippen LogP contribution in [-0.2, 0) is 16.2 Å². The average Bonchev–Trinajstić information content (AvgIpc) is 3.09. The summed E-state index contributed by atoms with van der Waals surface area (Å²) in [5.41, 5.74) is 1.04. The Bertz CT molecular complexity index is 1310. The minimum Gasteiger partial charge on any atom is -0.490 e. The number of nitro groups is 1. The van der Waals surface area contributed by atoms with Gasteiger partial charge in [-0.3, -0.25) is 29.4 Å². The minimum absolute atomic E-state index is 0.0186. The van der Waals surface area contributed by atoms with Crippen LogP contribution in [0.15, 0.2) is 41.3 Å². The molecule has 2 aliphatic heterocycles. The molecular weight excluding hydrogens is 546 g/mol. The summed E-state index contributed by atoms with van der Waals surface area (Å²) in [5.74, 6) is -0.198. The Labute approximate surface area is 235 Å². The van der Waals surface area contributed by atoms with Crippen LogP contribution in [0.5, 0.6) is 11.5 Å². The second-order valence-electron chi connectivity index (χ2n) is 9.04. The van der Waals surface area contributed by atoms with E-state index in [0.29, 0.717) is 36.6 Å². The van der Waals surface area contributed by atoms with Gasteiger partial charge in [-0.05, 0) is 60.9 Å². The molecule has 0 aliphatic carbocycles. The smallest absolute Gasteiger partial charge is 0.294 e. The molecule has 0 atom stereocenters. The molecule has 2 heterocycles. The molecule has 39 heavy (non-hydrogen) atoms. The fourth-order valence-electron chi connectivity index (χ4n) is 4.33. The Morgan fingerprint density at radius 3 is 2.56 bits per heavy atom. The largest absolute Gasteiger partial charge is 0.490 e. The first-order valence-electron chi connectivity index (χ1n) is 12.6. The highest BCUT2D eigenvalue weighted by Gasteiger charge is 2.37. The maximum absolute atomic E-state index is 13.0. The molecule has 12 heteroatoms. The zero-order valence-electron chi connectivity index (χ0n) is 21.4. The molecule has 206 valence electrons. The van der Waals surface area contributed by atoms with Gasteiger partial charge in [-0.25, -0.2) is 0 Å². The lowest BCUT2D eigenvalue weighted by Crippen LogP contribution is -2.42. The molecule has 0 N–H and O–H groups in total. The van der Waals surface area contributed by atoms with Crippen LogP contribution < -0.4 is 9.47 Å². The van der Waals surface area contributed by atoms with Crippen molar-refractivity contribution in [2.24, 2.45) is 0 Å². The average molecular weight is 574 g/mol. The minimum atomic E-state index is -0.534. The van der Waals surface area contributed by atoms with Crippen molar-refractivity contribution in [2.45, 2.75) is 39.2 Å². The summed E-state index contributed by atoms with van der Waals surface area (Å²) in [6.45, 7) is 3.11. The van der Waals surface area contributed by atoms with E-state index in [1.54, 1.807) is 36.1 Å². The number of ether oxygens (including phenoxy) is 2. The first-order valence-corrected chi connectivity index (χ1v) is 13.8. The number of likely N-dealkylation sites (tertiary alicyclic amines) is 1. The third-order valence-electron chi connectivity index (χ3n) is 6.26. The number of carbonyl (C=O) groups is 3. The van der Waals surface area contributed by atoms with Crippen LogP contribution in [0.2, 0.25) is 5.02 Å². The monoisotopic (exact) mass is 573 g/mol. The lowest BCUT2D eigenvalue weighted by molar-refractivity contribution is -0.384. The topological polar surface area (TPSA) is 119 Å². The van der Waals surface area contributed by atoms with Crippen molar-refractivity contribution in [3.63, 3.8) is 0 Å². The van der Waals surface area contributed by atoms with Crippen molar-refractivity contribution < 1.29 is 28.8 Å². The highest BCUT2D eigenvalue weighted by atomic mass is 35.5. The maximum atomic E-state index is 13.0. The number of benzene rings is 2. The molecule has 2 aliphatic rings. The van der Waals surface area contributed by atoms with E-state index >= 15 is 0 Å². The molecule has 0 unspecified atom stereocenters. The van der Waals surface area contributed by atoms with Crippen LogP contribution in [0.3, 0.4) is 0 Å². The summed E-state index contributed by atoms with van der Waals surface area (Å²) in [6, 6.07) is 9.28. The van der Waals surface area contributed by atoms with Crippen molar-refractivity contribution in [3.8, 4) is 11.5 Å². The van der Waals surface area contributed by atoms with E-state index in [1.807, 2.05) is 0 Å². The highest BCUT2D eigenvalue weighted by Crippen LogP contribution is 2.39. The molecule has 0 aromatic heterocycles. The molecule has 0 spiro atoms. The van der Waals surface area contributed by atoms with Crippen molar-refractivity contribution in [1.29, 1.82) is 0 Å². The van der Waals surface area contributed by atoms with Gasteiger partial charge < -0.3 is 14.4 Å². The molecule has 3 amide bonds. The number of hydrogen-bond donors (Lipinski definition) is 0. The highest BCUT2D eigenvalue weighted by molar-refractivity contribution is 8.18. The quantitative estimate of drug-likeness (QED) is 0.214. The van der Waals surface area contributed by atoms with Gasteiger partial charge in [0.05, 0.1) is 21.5 Å². The van der Waals surface area contributed by atoms with E-state index in [4.69, 9.17) is 21.1 Å². The summed E-state index contributed by atoms with van der Waals surface area (Å²) in [6.07, 6.45) is 5.50. The third kappa shape index (κ3) is 7.10. The van der Waals surface area contributed by atoms with Crippen LogP contribution >= 0.6 is 23.4 Å². The normalized spacial score (nSPS) is 16.9. The van der Waals surface area contributed by atoms with Crippen LogP contribution in [0.1, 0.15) is 43.7 Å². The number of nitro benzene ring substituents is 1. The maximum Gasteiger partial charge on any atom is 0.294 e. The Kier molecular flexibility index (Phi) is 9.47. The Balaban J connectivity index is 1.50. The number of imide groups is 1. The molecule has 2 aromatic rings. The number of hydrogen-bond acceptors (Lipinski definition) is 8. The summed E-state index contributed by atoms with van der Waals surface area (Å²) >= 11 is 7.27. The van der Waals surface area contributed by atoms with E-state index in [-0.39, 0.29) is 40.4 Å². The summed E-state index contributed by atoms with van der Waals surface area (Å²) in [4.78, 5) is 51.8. The Morgan fingerprint density at radius 2 is 1.87 bits per heavy atom. The van der Waals surface area contributed by atoms with Crippen LogP contribution in [-0.4, -0.2) is 58.0 Å². The number of non-ortho nitro benzene ring substituents is 1. The second-order valence-corrected chi connectivity index (χ2v) is 10.4. The summed E-state index contributed by atoms with van der Waals surface area (Å²) in [7, 11) is 0. The molecule has 2 fully saturated rings. The number of nitrogens with zero attached hydrogens (tertiary/aromatic N) is 3. The molecule has 2 aromatic carbocycles. The van der Waals surface area contributed by atoms with Gasteiger partial charge in [-0.2, -0.15) is 0 Å². The molecule has 4 rings (SSSR count). The lowest BCUT2D eigenvalue weighted by atomic mass is 10.1. The van der Waals surface area contributed by atoms with Gasteiger partial charge in [0.15, 0.2) is 11.5 Å². The molecule has 0 radical (unpaired) electrons. The van der Waals surface area contributed by atoms with Crippen LogP contribution in [0.4, 0.5) is 10.5 Å². The van der Waals surface area contributed by atoms with E-state index in [1.165, 1.54) is 18.2 Å². The number of halogens is 1. The summed E-state index contributed by atoms with van der Waals surface area (Å²) in [5, 5.41) is 10.8. The Morgan fingerprint density at radius 1 is 1.13 bits per heavy atom. The zero-order chi connectivity index (χ0) is 27.9. The van der Waals surface area contributed by atoms with Gasteiger partial charge in [-0.1, -0.05) is 36.6 Å². The first kappa shape index (κ1) is 28.4. The number of rotatable bonds is 9. The van der Waals surface area contributed by atoms with E-state index in [9.17, 15) is 24.5 Å². The van der Waals surface area contributed by atoms with Crippen LogP contribution in [0, 0.1) is 10.1 Å². The van der Waals surface area contributed by atoms with Gasteiger partial charge in [0, 0.05) is 25.2 Å². The SMILES string of the molecule is CCOc1cc(C=C2SC(=O)N(CC(=O)N3CCCCCC3)C2=O)cc(Cl)c1OCc1cccc([N+](=O)[O-])c1. The predicted molar refractivity (Wildman–Crippen MR) is 148 cm³/mol. The number of amides is 3. The first-order chi connectivity index (χ1) is 18.8. The fourth-order valence-corrected chi connectivity index (χ4v) is 5.44. The number of carbonyl (C=O) groups excluding carboxylic acids is 3. The standard InChI is InChI=1S/C27H28ClN3O7S/c1-2-37-22-14-19(13-21(28)25(22)38-17-18-8-7-9-20(12-18)31(35)36)15-23-26(33)30(27(34)39-23)16-24(32)29-10-5-3-4-6-11-29/h7-9,12-15H,2-6,10-11,16-17H2,1H3. The molecule has 2 saturated heterocycles. The van der Waals surface area contributed by atoms with Crippen molar-refractivity contribution in [3.05, 3.63) is 67.6 Å². The van der Waals surface area contributed by atoms with Gasteiger partial charge in [0.25, 0.3) is 16.8 Å². The summed E-state index contributed by atoms with van der Waals surface area (Å²) < 4.78 is 11.6. The van der Waals surface area contributed by atoms with Gasteiger partial charge >= 0.3 is 0 Å². The molecule has 0 bridgehead atoms. The van der Waals surface area contributed by atoms with E-state index in [2.05, 4.69) is 0 Å². The third-order valence-corrected chi connectivity index (χ3v) is 7.45. The van der Waals surface area contributed by atoms with Crippen molar-refractivity contribution >= 4 is 52.2 Å². The zero-order valence-corrected chi connectivity index (χ0v) is 23.0. The molecule has 0 saturated carbocycles. The second kappa shape index (κ2) is 13.0. The molecule has 10 nitrogen and oxygen atoms in total.